The van der Waals surface area contributed by atoms with Crippen LogP contribution in [0.4, 0.5) is 19.2 Å². The maximum atomic E-state index is 12.9. The minimum Gasteiger partial charge on any atom is -0.465 e. The van der Waals surface area contributed by atoms with Crippen LogP contribution < -0.4 is 0 Å². The van der Waals surface area contributed by atoms with E-state index in [4.69, 9.17) is 14.2 Å². The Balaban J connectivity index is 1.77. The molecule has 0 aliphatic heterocycles. The molecular weight excluding hydrogens is 637 g/mol. The Morgan fingerprint density at radius 3 is 1.33 bits per heavy atom. The van der Waals surface area contributed by atoms with Crippen molar-refractivity contribution >= 4 is 58.4 Å². The van der Waals surface area contributed by atoms with Gasteiger partial charge in [-0.05, 0) is 121 Å². The summed E-state index contributed by atoms with van der Waals surface area (Å²) < 4.78 is 16.2. The summed E-state index contributed by atoms with van der Waals surface area (Å²) in [6.45, 7) is 15.6. The molecule has 1 N–H and O–H groups in total. The van der Waals surface area contributed by atoms with Crippen LogP contribution in [-0.2, 0) is 27.1 Å². The molecule has 3 aromatic rings. The molecule has 0 saturated heterocycles. The lowest BCUT2D eigenvalue weighted by Crippen LogP contribution is -2.44. The average molecular weight is 679 g/mol. The fourth-order valence-electron chi connectivity index (χ4n) is 4.02. The molecule has 3 heterocycles. The highest BCUT2D eigenvalue weighted by atomic mass is 32.1. The SMILES string of the molecule is CC(C)(C)OC(=O)N(CCc1ccsc1-c1ccc(-c2sccc2CCN(C(=O)OC(C)(C)C)C(=O)OC(C)(C)C)s1)C(=O)O. The maximum absolute atomic E-state index is 12.9. The van der Waals surface area contributed by atoms with Crippen LogP contribution in [0.15, 0.2) is 35.0 Å². The minimum absolute atomic E-state index is 0.0346. The molecule has 0 radical (unpaired) electrons. The second-order valence-corrected chi connectivity index (χ2v) is 16.2. The van der Waals surface area contributed by atoms with Crippen LogP contribution >= 0.6 is 34.0 Å². The number of imide groups is 2. The molecule has 10 nitrogen and oxygen atoms in total. The lowest BCUT2D eigenvalue weighted by Gasteiger charge is -2.28. The van der Waals surface area contributed by atoms with Gasteiger partial charge in [0, 0.05) is 32.6 Å². The second-order valence-electron chi connectivity index (χ2n) is 13.2. The van der Waals surface area contributed by atoms with Crippen molar-refractivity contribution in [3.8, 4) is 19.5 Å². The molecule has 0 aliphatic carbocycles. The summed E-state index contributed by atoms with van der Waals surface area (Å²) in [5.41, 5.74) is -0.455. The number of hydrogen-bond donors (Lipinski definition) is 1. The van der Waals surface area contributed by atoms with Gasteiger partial charge >= 0.3 is 24.4 Å². The van der Waals surface area contributed by atoms with E-state index in [0.717, 1.165) is 35.5 Å². The molecular formula is C32H42N2O8S3. The number of ether oxygens (including phenoxy) is 3. The predicted molar refractivity (Wildman–Crippen MR) is 178 cm³/mol. The standard InChI is InChI=1S/C32H42N2O8S3/c1-30(2,3)40-27(37)33(26(35)36)16-12-20-14-18-43-24(20)22-10-11-23(45-22)25-21(15-19-44-25)13-17-34(28(38)41-31(4,5)6)29(39)42-32(7,8)9/h10-11,14-15,18-19H,12-13,16-17H2,1-9H3,(H,35,36). The Labute approximate surface area is 276 Å². The number of thiophene rings is 3. The van der Waals surface area contributed by atoms with E-state index in [0.29, 0.717) is 17.7 Å². The molecule has 0 spiro atoms. The molecule has 3 aromatic heterocycles. The van der Waals surface area contributed by atoms with Gasteiger partial charge in [0.25, 0.3) is 0 Å². The highest BCUT2D eigenvalue weighted by molar-refractivity contribution is 7.26. The summed E-state index contributed by atoms with van der Waals surface area (Å²) in [6.07, 6.45) is -3.03. The Hall–Kier alpha value is -3.42. The zero-order valence-electron chi connectivity index (χ0n) is 27.2. The molecule has 0 unspecified atom stereocenters. The summed E-state index contributed by atoms with van der Waals surface area (Å²) >= 11 is 4.71. The first-order valence-corrected chi connectivity index (χ1v) is 17.0. The number of amides is 4. The zero-order chi connectivity index (χ0) is 33.7. The number of carbonyl (C=O) groups is 4. The molecule has 0 fully saturated rings. The fraction of sp³-hybridized carbons (Fsp3) is 0.500. The number of carbonyl (C=O) groups excluding carboxylic acids is 3. The van der Waals surface area contributed by atoms with Gasteiger partial charge in [-0.3, -0.25) is 0 Å². The summed E-state index contributed by atoms with van der Waals surface area (Å²) in [4.78, 5) is 55.9. The molecule has 13 heteroatoms. The van der Waals surface area contributed by atoms with Gasteiger partial charge in [0.1, 0.15) is 16.8 Å². The maximum Gasteiger partial charge on any atom is 0.419 e. The monoisotopic (exact) mass is 678 g/mol. The molecule has 0 atom stereocenters. The molecule has 246 valence electrons. The van der Waals surface area contributed by atoms with E-state index in [1.807, 2.05) is 35.0 Å². The van der Waals surface area contributed by atoms with E-state index in [-0.39, 0.29) is 13.1 Å². The molecule has 0 aliphatic rings. The fourth-order valence-corrected chi connectivity index (χ4v) is 7.26. The quantitative estimate of drug-likeness (QED) is 0.234. The number of rotatable bonds is 8. The van der Waals surface area contributed by atoms with Crippen LogP contribution in [-0.4, -0.2) is 69.2 Å². The van der Waals surface area contributed by atoms with Crippen LogP contribution in [0, 0.1) is 0 Å². The Kier molecular flexibility index (Phi) is 11.5. The van der Waals surface area contributed by atoms with Crippen LogP contribution in [0.5, 0.6) is 0 Å². The summed E-state index contributed by atoms with van der Waals surface area (Å²) in [7, 11) is 0. The van der Waals surface area contributed by atoms with Gasteiger partial charge < -0.3 is 19.3 Å². The van der Waals surface area contributed by atoms with Gasteiger partial charge in [-0.15, -0.1) is 34.0 Å². The van der Waals surface area contributed by atoms with E-state index < -0.39 is 41.2 Å². The lowest BCUT2D eigenvalue weighted by atomic mass is 10.1. The Morgan fingerprint density at radius 1 is 0.622 bits per heavy atom. The molecule has 3 rings (SSSR count). The largest absolute Gasteiger partial charge is 0.465 e. The first kappa shape index (κ1) is 36.1. The smallest absolute Gasteiger partial charge is 0.419 e. The van der Waals surface area contributed by atoms with Crippen molar-refractivity contribution in [3.63, 3.8) is 0 Å². The van der Waals surface area contributed by atoms with Crippen LogP contribution in [0.1, 0.15) is 73.4 Å². The van der Waals surface area contributed by atoms with Crippen LogP contribution in [0.2, 0.25) is 0 Å². The summed E-state index contributed by atoms with van der Waals surface area (Å²) in [5.74, 6) is 0. The third-order valence-electron chi connectivity index (χ3n) is 5.83. The van der Waals surface area contributed by atoms with Gasteiger partial charge in [-0.2, -0.15) is 0 Å². The van der Waals surface area contributed by atoms with E-state index in [2.05, 4.69) is 0 Å². The highest BCUT2D eigenvalue weighted by Crippen LogP contribution is 2.41. The van der Waals surface area contributed by atoms with Crippen LogP contribution in [0.25, 0.3) is 19.5 Å². The van der Waals surface area contributed by atoms with E-state index in [1.54, 1.807) is 96.3 Å². The summed E-state index contributed by atoms with van der Waals surface area (Å²) in [6, 6.07) is 7.97. The van der Waals surface area contributed by atoms with Crippen molar-refractivity contribution in [2.45, 2.75) is 92.0 Å². The van der Waals surface area contributed by atoms with Gasteiger partial charge in [0.2, 0.25) is 0 Å². The Morgan fingerprint density at radius 2 is 0.978 bits per heavy atom. The number of carboxylic acid groups (broad SMARTS) is 1. The zero-order valence-corrected chi connectivity index (χ0v) is 29.7. The number of hydrogen-bond acceptors (Lipinski definition) is 10. The predicted octanol–water partition coefficient (Wildman–Crippen LogP) is 9.38. The average Bonchev–Trinajstić information content (AvgIpc) is 3.61. The Bertz CT molecular complexity index is 1470. The van der Waals surface area contributed by atoms with Crippen molar-refractivity contribution in [1.82, 2.24) is 9.80 Å². The minimum atomic E-state index is -1.36. The molecule has 0 saturated carbocycles. The van der Waals surface area contributed by atoms with Gasteiger partial charge in [0.05, 0.1) is 0 Å². The van der Waals surface area contributed by atoms with Crippen molar-refractivity contribution in [2.24, 2.45) is 0 Å². The molecule has 0 aromatic carbocycles. The summed E-state index contributed by atoms with van der Waals surface area (Å²) in [5, 5.41) is 13.5. The second kappa shape index (κ2) is 14.3. The first-order valence-electron chi connectivity index (χ1n) is 14.4. The topological polar surface area (TPSA) is 123 Å². The molecule has 0 bridgehead atoms. The molecule has 45 heavy (non-hydrogen) atoms. The van der Waals surface area contributed by atoms with Crippen molar-refractivity contribution in [1.29, 1.82) is 0 Å². The van der Waals surface area contributed by atoms with Crippen molar-refractivity contribution in [3.05, 3.63) is 46.2 Å². The normalized spacial score (nSPS) is 12.0. The third kappa shape index (κ3) is 10.9. The van der Waals surface area contributed by atoms with E-state index >= 15 is 0 Å². The van der Waals surface area contributed by atoms with Crippen molar-refractivity contribution in [2.75, 3.05) is 13.1 Å². The van der Waals surface area contributed by atoms with Gasteiger partial charge in [-0.25, -0.2) is 29.0 Å². The van der Waals surface area contributed by atoms with Gasteiger partial charge in [0.15, 0.2) is 0 Å². The first-order chi connectivity index (χ1) is 20.7. The van der Waals surface area contributed by atoms with Crippen LogP contribution in [0.3, 0.4) is 0 Å². The third-order valence-corrected chi connectivity index (χ3v) is 9.19. The lowest BCUT2D eigenvalue weighted by molar-refractivity contribution is 0.00156. The van der Waals surface area contributed by atoms with Gasteiger partial charge in [-0.1, -0.05) is 0 Å². The van der Waals surface area contributed by atoms with E-state index in [9.17, 15) is 24.3 Å². The number of nitrogens with zero attached hydrogens (tertiary/aromatic N) is 2. The molecule has 4 amide bonds. The van der Waals surface area contributed by atoms with E-state index in [1.165, 1.54) is 0 Å². The highest BCUT2D eigenvalue weighted by Gasteiger charge is 2.31. The van der Waals surface area contributed by atoms with Crippen molar-refractivity contribution < 1.29 is 38.5 Å².